The van der Waals surface area contributed by atoms with Gasteiger partial charge in [-0.3, -0.25) is 9.59 Å². The van der Waals surface area contributed by atoms with Crippen molar-refractivity contribution in [2.24, 2.45) is 0 Å². The van der Waals surface area contributed by atoms with Gasteiger partial charge in [-0.15, -0.1) is 0 Å². The molecule has 0 bridgehead atoms. The Bertz CT molecular complexity index is 1480. The second-order valence-corrected chi connectivity index (χ2v) is 12.1. The van der Waals surface area contributed by atoms with E-state index in [1.165, 1.54) is 12.1 Å². The zero-order valence-electron chi connectivity index (χ0n) is 21.9. The Kier molecular flexibility index (Phi) is 7.07. The summed E-state index contributed by atoms with van der Waals surface area (Å²) in [6.07, 6.45) is -3.07. The average molecular weight is 602 g/mol. The van der Waals surface area contributed by atoms with Crippen LogP contribution in [0.25, 0.3) is 0 Å². The van der Waals surface area contributed by atoms with Crippen molar-refractivity contribution in [2.45, 2.75) is 54.3 Å². The summed E-state index contributed by atoms with van der Waals surface area (Å²) in [4.78, 5) is 27.9. The lowest BCUT2D eigenvalue weighted by molar-refractivity contribution is -0.137. The lowest BCUT2D eigenvalue weighted by atomic mass is 9.92. The molecule has 3 aliphatic rings. The van der Waals surface area contributed by atoms with Crippen LogP contribution >= 0.6 is 23.2 Å². The Morgan fingerprint density at radius 1 is 0.878 bits per heavy atom. The fourth-order valence-corrected chi connectivity index (χ4v) is 6.73. The maximum Gasteiger partial charge on any atom is 0.416 e. The van der Waals surface area contributed by atoms with Crippen molar-refractivity contribution in [1.82, 2.24) is 16.0 Å². The van der Waals surface area contributed by atoms with E-state index >= 15 is 0 Å². The maximum absolute atomic E-state index is 14.0. The van der Waals surface area contributed by atoms with Gasteiger partial charge in [-0.25, -0.2) is 0 Å². The standard InChI is InChI=1S/C31H28Cl2F3N3O2/c32-21-10-11-23(25(33)14-21)29(12-13-29)27(40)39-30(15-24(30)19-6-8-20(9-7-19)31(34,35)36)28(41)38-26-17-37-16-22(26)18-4-2-1-3-5-18/h1-11,14,22,24,26,37H,12-13,15-17H2,(H,38,41)(H,39,40)/t22-,24+,26?,30?/m0/s1. The molecule has 3 fully saturated rings. The van der Waals surface area contributed by atoms with E-state index in [0.717, 1.165) is 17.7 Å². The predicted octanol–water partition coefficient (Wildman–Crippen LogP) is 5.96. The molecule has 2 unspecified atom stereocenters. The molecule has 0 spiro atoms. The van der Waals surface area contributed by atoms with Gasteiger partial charge in [0.25, 0.3) is 0 Å². The van der Waals surface area contributed by atoms with Gasteiger partial charge >= 0.3 is 6.18 Å². The molecule has 3 aromatic carbocycles. The number of hydrogen-bond acceptors (Lipinski definition) is 3. The van der Waals surface area contributed by atoms with Crippen molar-refractivity contribution < 1.29 is 22.8 Å². The van der Waals surface area contributed by atoms with Crippen molar-refractivity contribution in [2.75, 3.05) is 13.1 Å². The highest BCUT2D eigenvalue weighted by Gasteiger charge is 2.65. The van der Waals surface area contributed by atoms with Gasteiger partial charge in [0.1, 0.15) is 5.54 Å². The Hall–Kier alpha value is -3.07. The molecule has 1 heterocycles. The highest BCUT2D eigenvalue weighted by molar-refractivity contribution is 6.35. The van der Waals surface area contributed by atoms with Gasteiger partial charge in [-0.1, -0.05) is 71.7 Å². The second-order valence-electron chi connectivity index (χ2n) is 11.3. The van der Waals surface area contributed by atoms with Gasteiger partial charge in [0.2, 0.25) is 11.8 Å². The first kappa shape index (κ1) is 28.1. The monoisotopic (exact) mass is 601 g/mol. The number of alkyl halides is 3. The van der Waals surface area contributed by atoms with Crippen LogP contribution in [0.15, 0.2) is 72.8 Å². The topological polar surface area (TPSA) is 70.2 Å². The first-order chi connectivity index (χ1) is 19.5. The molecule has 10 heteroatoms. The van der Waals surface area contributed by atoms with E-state index in [4.69, 9.17) is 23.2 Å². The van der Waals surface area contributed by atoms with Gasteiger partial charge in [-0.2, -0.15) is 13.2 Å². The third-order valence-electron chi connectivity index (χ3n) is 8.73. The van der Waals surface area contributed by atoms with Gasteiger partial charge in [0.15, 0.2) is 0 Å². The summed E-state index contributed by atoms with van der Waals surface area (Å²) in [5.41, 5.74) is -0.651. The van der Waals surface area contributed by atoms with Crippen LogP contribution in [0.2, 0.25) is 10.0 Å². The van der Waals surface area contributed by atoms with E-state index in [1.54, 1.807) is 18.2 Å². The second kappa shape index (κ2) is 10.3. The number of hydrogen-bond donors (Lipinski definition) is 3. The zero-order valence-corrected chi connectivity index (χ0v) is 23.4. The molecule has 3 N–H and O–H groups in total. The minimum atomic E-state index is -4.47. The molecule has 0 radical (unpaired) electrons. The van der Waals surface area contributed by atoms with Crippen molar-refractivity contribution in [1.29, 1.82) is 0 Å². The molecule has 2 aliphatic carbocycles. The fourth-order valence-electron chi connectivity index (χ4n) is 6.14. The molecule has 3 aromatic rings. The van der Waals surface area contributed by atoms with Crippen LogP contribution in [0.1, 0.15) is 53.4 Å². The quantitative estimate of drug-likeness (QED) is 0.313. The van der Waals surface area contributed by atoms with Crippen LogP contribution in [-0.4, -0.2) is 36.5 Å². The van der Waals surface area contributed by atoms with E-state index in [1.807, 2.05) is 30.3 Å². The third-order valence-corrected chi connectivity index (χ3v) is 9.28. The van der Waals surface area contributed by atoms with Crippen LogP contribution in [0.5, 0.6) is 0 Å². The highest BCUT2D eigenvalue weighted by atomic mass is 35.5. The van der Waals surface area contributed by atoms with Crippen LogP contribution < -0.4 is 16.0 Å². The lowest BCUT2D eigenvalue weighted by Crippen LogP contribution is -2.55. The smallest absolute Gasteiger partial charge is 0.349 e. The maximum atomic E-state index is 14.0. The first-order valence-electron chi connectivity index (χ1n) is 13.6. The Morgan fingerprint density at radius 2 is 1.59 bits per heavy atom. The highest BCUT2D eigenvalue weighted by Crippen LogP contribution is 2.56. The van der Waals surface area contributed by atoms with Crippen molar-refractivity contribution >= 4 is 35.0 Å². The van der Waals surface area contributed by atoms with Crippen LogP contribution in [0, 0.1) is 0 Å². The molecule has 0 aromatic heterocycles. The number of carbonyl (C=O) groups excluding carboxylic acids is 2. The number of carbonyl (C=O) groups is 2. The SMILES string of the molecule is O=C(NC1(C(=O)NC2CNC[C@H]2c2ccccc2)C[C@@H]1c1ccc(C(F)(F)F)cc1)C1(c2ccc(Cl)cc2Cl)CC1. The van der Waals surface area contributed by atoms with Crippen molar-refractivity contribution in [3.8, 4) is 0 Å². The molecule has 1 aliphatic heterocycles. The molecule has 2 saturated carbocycles. The van der Waals surface area contributed by atoms with Gasteiger partial charge in [0.05, 0.1) is 11.0 Å². The largest absolute Gasteiger partial charge is 0.416 e. The summed E-state index contributed by atoms with van der Waals surface area (Å²) < 4.78 is 39.6. The number of benzene rings is 3. The van der Waals surface area contributed by atoms with E-state index in [0.29, 0.717) is 47.1 Å². The number of amides is 2. The zero-order chi connectivity index (χ0) is 29.0. The molecular formula is C31H28Cl2F3N3O2. The number of nitrogens with one attached hydrogen (secondary N) is 3. The lowest BCUT2D eigenvalue weighted by Gasteiger charge is -2.27. The van der Waals surface area contributed by atoms with Gasteiger partial charge < -0.3 is 16.0 Å². The Morgan fingerprint density at radius 3 is 2.22 bits per heavy atom. The summed E-state index contributed by atoms with van der Waals surface area (Å²) in [6, 6.07) is 19.5. The first-order valence-corrected chi connectivity index (χ1v) is 14.3. The molecular weight excluding hydrogens is 574 g/mol. The van der Waals surface area contributed by atoms with Crippen LogP contribution in [0.4, 0.5) is 13.2 Å². The van der Waals surface area contributed by atoms with E-state index in [2.05, 4.69) is 16.0 Å². The molecule has 5 nitrogen and oxygen atoms in total. The minimum absolute atomic E-state index is 0.0406. The van der Waals surface area contributed by atoms with Gasteiger partial charge in [0, 0.05) is 41.0 Å². The fraction of sp³-hybridized carbons (Fsp3) is 0.355. The van der Waals surface area contributed by atoms with Crippen molar-refractivity contribution in [3.05, 3.63) is 105 Å². The summed E-state index contributed by atoms with van der Waals surface area (Å²) in [5.74, 6) is -1.10. The molecule has 2 amide bonds. The molecule has 41 heavy (non-hydrogen) atoms. The summed E-state index contributed by atoms with van der Waals surface area (Å²) in [6.45, 7) is 1.25. The normalized spacial score (nSPS) is 26.3. The molecule has 4 atom stereocenters. The predicted molar refractivity (Wildman–Crippen MR) is 151 cm³/mol. The molecule has 1 saturated heterocycles. The summed E-state index contributed by atoms with van der Waals surface area (Å²) >= 11 is 12.5. The Labute approximate surface area is 245 Å². The third kappa shape index (κ3) is 5.22. The number of halogens is 5. The molecule has 214 valence electrons. The van der Waals surface area contributed by atoms with Crippen molar-refractivity contribution in [3.63, 3.8) is 0 Å². The van der Waals surface area contributed by atoms with Gasteiger partial charge in [-0.05, 0) is 60.2 Å². The van der Waals surface area contributed by atoms with E-state index < -0.39 is 28.6 Å². The molecule has 6 rings (SSSR count). The summed E-state index contributed by atoms with van der Waals surface area (Å²) in [5, 5.41) is 10.4. The average Bonchev–Trinajstić information content (AvgIpc) is 3.84. The number of rotatable bonds is 7. The summed E-state index contributed by atoms with van der Waals surface area (Å²) in [7, 11) is 0. The van der Waals surface area contributed by atoms with E-state index in [9.17, 15) is 22.8 Å². The van der Waals surface area contributed by atoms with Crippen LogP contribution in [-0.2, 0) is 21.2 Å². The minimum Gasteiger partial charge on any atom is -0.349 e. The van der Waals surface area contributed by atoms with E-state index in [-0.39, 0.29) is 30.2 Å². The Balaban J connectivity index is 1.28. The van der Waals surface area contributed by atoms with Crippen LogP contribution in [0.3, 0.4) is 0 Å².